The molecule has 0 fully saturated rings. The Balaban J connectivity index is 1.13. The second kappa shape index (κ2) is 10.1. The smallest absolute Gasteiger partial charge is 0.178 e. The molecule has 2 heteroatoms. The second-order valence-electron chi connectivity index (χ2n) is 13.2. The molecular weight excluding hydrogens is 597 g/mol. The van der Waals surface area contributed by atoms with Crippen molar-refractivity contribution in [1.29, 1.82) is 0 Å². The minimum absolute atomic E-state index is 0.784. The van der Waals surface area contributed by atoms with Crippen molar-refractivity contribution in [3.05, 3.63) is 169 Å². The van der Waals surface area contributed by atoms with E-state index in [0.29, 0.717) is 0 Å². The molecule has 2 nitrogen and oxygen atoms in total. The average molecular weight is 625 g/mol. The van der Waals surface area contributed by atoms with Crippen LogP contribution in [-0.4, -0.2) is 0 Å². The van der Waals surface area contributed by atoms with Crippen molar-refractivity contribution in [1.82, 2.24) is 0 Å². The number of hydrogen-bond acceptors (Lipinski definition) is 2. The van der Waals surface area contributed by atoms with Gasteiger partial charge in [0.05, 0.1) is 6.26 Å². The normalized spacial score (nSPS) is 12.4. The molecule has 0 amide bonds. The van der Waals surface area contributed by atoms with Crippen LogP contribution >= 0.6 is 0 Å². The molecule has 0 radical (unpaired) electrons. The minimum atomic E-state index is 0.784. The van der Waals surface area contributed by atoms with Gasteiger partial charge in [-0.3, -0.25) is 0 Å². The van der Waals surface area contributed by atoms with Gasteiger partial charge >= 0.3 is 0 Å². The number of rotatable bonds is 3. The van der Waals surface area contributed by atoms with Crippen molar-refractivity contribution >= 4 is 54.5 Å². The van der Waals surface area contributed by atoms with E-state index in [0.717, 1.165) is 50.5 Å². The standard InChI is InChI=1S/C47H28O2/c1-2-10-28(11-3-1)42-27-48-46-39(42)22-21-38-41-26-32(20-23-43(41)49-47(38)46)45-36-16-8-6-14-34(36)44(35-15-7-9-17-37(35)45)31-19-18-30-24-29-12-4-5-13-33(29)40(30)25-31/h1-23,25-27H,24H2. The van der Waals surface area contributed by atoms with Crippen LogP contribution in [0.3, 0.4) is 0 Å². The molecule has 1 aliphatic carbocycles. The first-order valence-corrected chi connectivity index (χ1v) is 16.9. The molecule has 0 atom stereocenters. The highest BCUT2D eigenvalue weighted by Crippen LogP contribution is 2.47. The maximum atomic E-state index is 6.53. The Labute approximate surface area is 282 Å². The van der Waals surface area contributed by atoms with Crippen LogP contribution in [0.15, 0.2) is 167 Å². The molecule has 228 valence electrons. The maximum Gasteiger partial charge on any atom is 0.178 e. The molecule has 8 aromatic carbocycles. The number of hydrogen-bond donors (Lipinski definition) is 0. The second-order valence-corrected chi connectivity index (χ2v) is 13.2. The van der Waals surface area contributed by atoms with Crippen LogP contribution in [0, 0.1) is 0 Å². The minimum Gasteiger partial charge on any atom is -0.460 e. The fourth-order valence-corrected chi connectivity index (χ4v) is 8.35. The summed E-state index contributed by atoms with van der Waals surface area (Å²) in [6.45, 7) is 0. The Morgan fingerprint density at radius 2 is 0.980 bits per heavy atom. The summed E-state index contributed by atoms with van der Waals surface area (Å²) in [6, 6.07) is 55.0. The van der Waals surface area contributed by atoms with Gasteiger partial charge in [-0.2, -0.15) is 0 Å². The molecule has 10 aromatic rings. The zero-order chi connectivity index (χ0) is 32.1. The molecule has 0 bridgehead atoms. The molecule has 2 heterocycles. The molecule has 11 rings (SSSR count). The Morgan fingerprint density at radius 1 is 0.367 bits per heavy atom. The number of furan rings is 2. The fraction of sp³-hybridized carbons (Fsp3) is 0.0213. The third-order valence-electron chi connectivity index (χ3n) is 10.6. The van der Waals surface area contributed by atoms with Crippen LogP contribution in [-0.2, 0) is 6.42 Å². The molecule has 0 unspecified atom stereocenters. The van der Waals surface area contributed by atoms with Crippen molar-refractivity contribution < 1.29 is 8.83 Å². The number of benzene rings is 8. The van der Waals surface area contributed by atoms with E-state index in [-0.39, 0.29) is 0 Å². The zero-order valence-corrected chi connectivity index (χ0v) is 26.5. The van der Waals surface area contributed by atoms with Gasteiger partial charge < -0.3 is 8.83 Å². The first-order chi connectivity index (χ1) is 24.3. The predicted octanol–water partition coefficient (Wildman–Crippen LogP) is 13.2. The van der Waals surface area contributed by atoms with Crippen LogP contribution in [0.25, 0.3) is 99.0 Å². The summed E-state index contributed by atoms with van der Waals surface area (Å²) in [7, 11) is 0. The first kappa shape index (κ1) is 26.7. The lowest BCUT2D eigenvalue weighted by Gasteiger charge is -2.18. The van der Waals surface area contributed by atoms with Gasteiger partial charge in [0.2, 0.25) is 0 Å². The SMILES string of the molecule is c1ccc(-c2coc3c2ccc2c4cc(-c5c6ccccc6c(-c6ccc7c(c6)-c6ccccc6C7)c6ccccc56)ccc4oc23)cc1. The van der Waals surface area contributed by atoms with Crippen molar-refractivity contribution in [2.45, 2.75) is 6.42 Å². The monoisotopic (exact) mass is 624 g/mol. The largest absolute Gasteiger partial charge is 0.460 e. The highest BCUT2D eigenvalue weighted by molar-refractivity contribution is 6.23. The molecule has 49 heavy (non-hydrogen) atoms. The van der Waals surface area contributed by atoms with Gasteiger partial charge in [-0.05, 0) is 108 Å². The summed E-state index contributed by atoms with van der Waals surface area (Å²) in [4.78, 5) is 0. The van der Waals surface area contributed by atoms with Gasteiger partial charge in [0.25, 0.3) is 0 Å². The summed E-state index contributed by atoms with van der Waals surface area (Å²) in [5.74, 6) is 0. The van der Waals surface area contributed by atoms with Crippen molar-refractivity contribution in [2.75, 3.05) is 0 Å². The highest BCUT2D eigenvalue weighted by Gasteiger charge is 2.22. The summed E-state index contributed by atoms with van der Waals surface area (Å²) in [5.41, 5.74) is 15.1. The molecule has 0 spiro atoms. The van der Waals surface area contributed by atoms with Gasteiger partial charge in [-0.1, -0.05) is 121 Å². The molecule has 0 saturated carbocycles. The van der Waals surface area contributed by atoms with E-state index in [9.17, 15) is 0 Å². The highest BCUT2D eigenvalue weighted by atomic mass is 16.4. The lowest BCUT2D eigenvalue weighted by atomic mass is 9.85. The molecule has 0 N–H and O–H groups in total. The lowest BCUT2D eigenvalue weighted by Crippen LogP contribution is -1.91. The van der Waals surface area contributed by atoms with Crippen molar-refractivity contribution in [3.63, 3.8) is 0 Å². The van der Waals surface area contributed by atoms with Crippen LogP contribution in [0.4, 0.5) is 0 Å². The molecule has 0 saturated heterocycles. The van der Waals surface area contributed by atoms with Crippen LogP contribution < -0.4 is 0 Å². The van der Waals surface area contributed by atoms with E-state index in [1.165, 1.54) is 66.1 Å². The van der Waals surface area contributed by atoms with E-state index in [1.54, 1.807) is 0 Å². The van der Waals surface area contributed by atoms with E-state index in [4.69, 9.17) is 8.83 Å². The third kappa shape index (κ3) is 3.83. The van der Waals surface area contributed by atoms with Crippen LogP contribution in [0.5, 0.6) is 0 Å². The van der Waals surface area contributed by atoms with Gasteiger partial charge in [0.15, 0.2) is 11.2 Å². The van der Waals surface area contributed by atoms with Gasteiger partial charge in [-0.15, -0.1) is 0 Å². The molecular formula is C47H28O2. The van der Waals surface area contributed by atoms with Crippen molar-refractivity contribution in [2.24, 2.45) is 0 Å². The van der Waals surface area contributed by atoms with Crippen LogP contribution in [0.2, 0.25) is 0 Å². The van der Waals surface area contributed by atoms with E-state index in [1.807, 2.05) is 12.3 Å². The van der Waals surface area contributed by atoms with E-state index >= 15 is 0 Å². The average Bonchev–Trinajstić information content (AvgIpc) is 3.87. The zero-order valence-electron chi connectivity index (χ0n) is 26.5. The van der Waals surface area contributed by atoms with Gasteiger partial charge in [0.1, 0.15) is 5.58 Å². The summed E-state index contributed by atoms with van der Waals surface area (Å²) in [5, 5.41) is 8.19. The maximum absolute atomic E-state index is 6.53. The Morgan fingerprint density at radius 3 is 1.73 bits per heavy atom. The number of fused-ring (bicyclic) bond motifs is 10. The predicted molar refractivity (Wildman–Crippen MR) is 203 cm³/mol. The Hall–Kier alpha value is -6.38. The summed E-state index contributed by atoms with van der Waals surface area (Å²) >= 11 is 0. The molecule has 2 aromatic heterocycles. The summed E-state index contributed by atoms with van der Waals surface area (Å²) in [6.07, 6.45) is 2.84. The molecule has 0 aliphatic heterocycles. The Bertz CT molecular complexity index is 2900. The first-order valence-electron chi connectivity index (χ1n) is 16.9. The quantitative estimate of drug-likeness (QED) is 0.183. The van der Waals surface area contributed by atoms with Crippen LogP contribution in [0.1, 0.15) is 11.1 Å². The topological polar surface area (TPSA) is 26.3 Å². The van der Waals surface area contributed by atoms with E-state index < -0.39 is 0 Å². The fourth-order valence-electron chi connectivity index (χ4n) is 8.35. The van der Waals surface area contributed by atoms with Gasteiger partial charge in [-0.25, -0.2) is 0 Å². The lowest BCUT2D eigenvalue weighted by molar-refractivity contribution is 0.600. The van der Waals surface area contributed by atoms with E-state index in [2.05, 4.69) is 146 Å². The van der Waals surface area contributed by atoms with Gasteiger partial charge in [0, 0.05) is 21.7 Å². The third-order valence-corrected chi connectivity index (χ3v) is 10.6. The van der Waals surface area contributed by atoms with Crippen molar-refractivity contribution in [3.8, 4) is 44.5 Å². The Kier molecular flexibility index (Phi) is 5.47. The molecule has 1 aliphatic rings. The summed E-state index contributed by atoms with van der Waals surface area (Å²) < 4.78 is 12.7.